The molecule has 0 aliphatic carbocycles. The van der Waals surface area contributed by atoms with E-state index in [0.29, 0.717) is 22.5 Å². The first-order chi connectivity index (χ1) is 14.7. The Labute approximate surface area is 177 Å². The number of aromatic nitrogens is 3. The molecule has 0 saturated carbocycles. The Bertz CT molecular complexity index is 1200. The molecule has 0 fully saturated rings. The number of para-hydroxylation sites is 1. The van der Waals surface area contributed by atoms with Gasteiger partial charge in [-0.15, -0.1) is 0 Å². The number of amides is 1. The molecule has 2 heterocycles. The highest BCUT2D eigenvalue weighted by Gasteiger charge is 2.08. The Morgan fingerprint density at radius 1 is 0.967 bits per heavy atom. The van der Waals surface area contributed by atoms with Crippen LogP contribution in [0.3, 0.4) is 0 Å². The van der Waals surface area contributed by atoms with Gasteiger partial charge < -0.3 is 15.4 Å². The molecular weight excluding hydrogens is 402 g/mol. The Hall–Kier alpha value is -3.97. The summed E-state index contributed by atoms with van der Waals surface area (Å²) in [5.74, 6) is 2.07. The van der Waals surface area contributed by atoms with Crippen LogP contribution in [0.5, 0.6) is 11.5 Å². The minimum atomic E-state index is -0.378. The van der Waals surface area contributed by atoms with Crippen molar-refractivity contribution in [3.63, 3.8) is 0 Å². The van der Waals surface area contributed by atoms with E-state index < -0.39 is 0 Å². The highest BCUT2D eigenvalue weighted by Crippen LogP contribution is 2.27. The molecule has 0 aliphatic rings. The van der Waals surface area contributed by atoms with E-state index in [1.807, 2.05) is 54.6 Å². The molecule has 0 radical (unpaired) electrons. The van der Waals surface area contributed by atoms with Crippen molar-refractivity contribution in [3.8, 4) is 11.5 Å². The van der Waals surface area contributed by atoms with Crippen molar-refractivity contribution in [3.05, 3.63) is 84.8 Å². The molecule has 2 N–H and O–H groups in total. The third-order valence-corrected chi connectivity index (χ3v) is 4.21. The van der Waals surface area contributed by atoms with E-state index >= 15 is 0 Å². The molecule has 4 aromatic rings. The number of hydrogen-bond acceptors (Lipinski definition) is 6. The van der Waals surface area contributed by atoms with Crippen molar-refractivity contribution >= 4 is 45.7 Å². The largest absolute Gasteiger partial charge is 0.457 e. The average molecular weight is 418 g/mol. The Balaban J connectivity index is 1.54. The molecule has 2 aromatic carbocycles. The van der Waals surface area contributed by atoms with E-state index in [2.05, 4.69) is 25.6 Å². The zero-order valence-electron chi connectivity index (χ0n) is 15.6. The minimum Gasteiger partial charge on any atom is -0.457 e. The number of benzene rings is 2. The van der Waals surface area contributed by atoms with Crippen molar-refractivity contribution in [2.45, 2.75) is 0 Å². The molecule has 148 valence electrons. The van der Waals surface area contributed by atoms with Crippen LogP contribution in [0.4, 0.5) is 17.3 Å². The lowest BCUT2D eigenvalue weighted by Gasteiger charge is -2.10. The van der Waals surface area contributed by atoms with Gasteiger partial charge in [0.15, 0.2) is 0 Å². The van der Waals surface area contributed by atoms with Gasteiger partial charge in [0.05, 0.1) is 11.7 Å². The first kappa shape index (κ1) is 19.4. The standard InChI is InChI=1S/C22H16ClN5O2/c23-11-10-21(29)28-20-12-18-19(13-24-20)25-14-26-22(18)27-15-6-8-17(9-7-15)30-16-4-2-1-3-5-16/h1-14H,(H,24,28,29)(H,25,26,27). The van der Waals surface area contributed by atoms with Crippen LogP contribution < -0.4 is 15.4 Å². The van der Waals surface area contributed by atoms with E-state index in [4.69, 9.17) is 16.3 Å². The molecule has 2 aromatic heterocycles. The van der Waals surface area contributed by atoms with Gasteiger partial charge in [0.1, 0.15) is 29.5 Å². The van der Waals surface area contributed by atoms with E-state index in [1.165, 1.54) is 12.4 Å². The summed E-state index contributed by atoms with van der Waals surface area (Å²) in [6.07, 6.45) is 4.22. The highest BCUT2D eigenvalue weighted by atomic mass is 35.5. The monoisotopic (exact) mass is 417 g/mol. The summed E-state index contributed by atoms with van der Waals surface area (Å²) in [6.45, 7) is 0. The van der Waals surface area contributed by atoms with Crippen molar-refractivity contribution in [2.24, 2.45) is 0 Å². The lowest BCUT2D eigenvalue weighted by atomic mass is 10.2. The van der Waals surface area contributed by atoms with E-state index in [-0.39, 0.29) is 5.91 Å². The molecule has 0 aliphatic heterocycles. The minimum absolute atomic E-state index is 0.367. The van der Waals surface area contributed by atoms with Crippen LogP contribution in [0.15, 0.2) is 84.8 Å². The molecule has 0 unspecified atom stereocenters. The van der Waals surface area contributed by atoms with Crippen molar-refractivity contribution < 1.29 is 9.53 Å². The summed E-state index contributed by atoms with van der Waals surface area (Å²) in [4.78, 5) is 24.4. The fourth-order valence-corrected chi connectivity index (χ4v) is 2.83. The molecule has 4 rings (SSSR count). The van der Waals surface area contributed by atoms with Crippen LogP contribution in [0, 0.1) is 0 Å². The summed E-state index contributed by atoms with van der Waals surface area (Å²) in [5, 5.41) is 6.61. The number of anilines is 3. The summed E-state index contributed by atoms with van der Waals surface area (Å²) >= 11 is 5.43. The van der Waals surface area contributed by atoms with Gasteiger partial charge in [0, 0.05) is 22.7 Å². The maximum Gasteiger partial charge on any atom is 0.250 e. The van der Waals surface area contributed by atoms with Crippen molar-refractivity contribution in [1.29, 1.82) is 0 Å². The summed E-state index contributed by atoms with van der Waals surface area (Å²) in [7, 11) is 0. The lowest BCUT2D eigenvalue weighted by Crippen LogP contribution is -2.09. The molecule has 0 saturated heterocycles. The SMILES string of the molecule is O=C(C=CCl)Nc1cc2c(Nc3ccc(Oc4ccccc4)cc3)ncnc2cn1. The number of nitrogens with one attached hydrogen (secondary N) is 2. The molecule has 0 spiro atoms. The predicted octanol–water partition coefficient (Wildman–Crippen LogP) is 5.25. The van der Waals surface area contributed by atoms with Crippen LogP contribution >= 0.6 is 11.6 Å². The zero-order valence-corrected chi connectivity index (χ0v) is 16.4. The van der Waals surface area contributed by atoms with Gasteiger partial charge in [0.25, 0.3) is 0 Å². The van der Waals surface area contributed by atoms with E-state index in [1.54, 1.807) is 12.3 Å². The lowest BCUT2D eigenvalue weighted by molar-refractivity contribution is -0.111. The maximum absolute atomic E-state index is 11.7. The molecule has 7 nitrogen and oxygen atoms in total. The quantitative estimate of drug-likeness (QED) is 0.416. The Morgan fingerprint density at radius 3 is 2.50 bits per heavy atom. The summed E-state index contributed by atoms with van der Waals surface area (Å²) < 4.78 is 5.81. The number of nitrogens with zero attached hydrogens (tertiary/aromatic N) is 3. The fraction of sp³-hybridized carbons (Fsp3) is 0. The van der Waals surface area contributed by atoms with E-state index in [0.717, 1.165) is 22.7 Å². The van der Waals surface area contributed by atoms with Crippen LogP contribution in [-0.2, 0) is 4.79 Å². The smallest absolute Gasteiger partial charge is 0.250 e. The zero-order chi connectivity index (χ0) is 20.8. The van der Waals surface area contributed by atoms with Crippen LogP contribution in [0.1, 0.15) is 0 Å². The second-order valence-electron chi connectivity index (χ2n) is 6.16. The third kappa shape index (κ3) is 4.71. The number of ether oxygens (including phenoxy) is 1. The van der Waals surface area contributed by atoms with E-state index in [9.17, 15) is 4.79 Å². The number of fused-ring (bicyclic) bond motifs is 1. The molecule has 0 atom stereocenters. The van der Waals surface area contributed by atoms with Crippen LogP contribution in [-0.4, -0.2) is 20.9 Å². The van der Waals surface area contributed by atoms with Gasteiger partial charge in [-0.1, -0.05) is 29.8 Å². The first-order valence-corrected chi connectivity index (χ1v) is 9.43. The number of halogens is 1. The van der Waals surface area contributed by atoms with Gasteiger partial charge in [-0.25, -0.2) is 15.0 Å². The van der Waals surface area contributed by atoms with Gasteiger partial charge in [-0.3, -0.25) is 4.79 Å². The third-order valence-electron chi connectivity index (χ3n) is 4.08. The highest BCUT2D eigenvalue weighted by molar-refractivity contribution is 6.27. The second-order valence-corrected chi connectivity index (χ2v) is 6.41. The number of pyridine rings is 1. The van der Waals surface area contributed by atoms with Gasteiger partial charge in [0.2, 0.25) is 5.91 Å². The normalized spacial score (nSPS) is 10.8. The maximum atomic E-state index is 11.7. The number of rotatable bonds is 6. The Morgan fingerprint density at radius 2 is 1.73 bits per heavy atom. The number of carbonyl (C=O) groups excluding carboxylic acids is 1. The van der Waals surface area contributed by atoms with Gasteiger partial charge in [-0.2, -0.15) is 0 Å². The fourth-order valence-electron chi connectivity index (χ4n) is 2.72. The van der Waals surface area contributed by atoms with Crippen molar-refractivity contribution in [1.82, 2.24) is 15.0 Å². The molecular formula is C22H16ClN5O2. The predicted molar refractivity (Wildman–Crippen MR) is 117 cm³/mol. The molecule has 1 amide bonds. The van der Waals surface area contributed by atoms with Crippen molar-refractivity contribution in [2.75, 3.05) is 10.6 Å². The summed E-state index contributed by atoms with van der Waals surface area (Å²) in [5.41, 5.74) is 2.60. The first-order valence-electron chi connectivity index (χ1n) is 9.00. The average Bonchev–Trinajstić information content (AvgIpc) is 2.76. The van der Waals surface area contributed by atoms with Crippen LogP contribution in [0.25, 0.3) is 10.9 Å². The second kappa shape index (κ2) is 9.02. The van der Waals surface area contributed by atoms with Gasteiger partial charge in [-0.05, 0) is 42.5 Å². The van der Waals surface area contributed by atoms with Crippen LogP contribution in [0.2, 0.25) is 0 Å². The number of hydrogen-bond donors (Lipinski definition) is 2. The molecule has 30 heavy (non-hydrogen) atoms. The number of carbonyl (C=O) groups is 1. The molecule has 8 heteroatoms. The summed E-state index contributed by atoms with van der Waals surface area (Å²) in [6, 6.07) is 18.8. The Kier molecular flexibility index (Phi) is 5.82. The molecule has 0 bridgehead atoms. The topological polar surface area (TPSA) is 89.0 Å². The van der Waals surface area contributed by atoms with Gasteiger partial charge >= 0.3 is 0 Å².